The first kappa shape index (κ1) is 22.4. The van der Waals surface area contributed by atoms with Crippen LogP contribution in [0.3, 0.4) is 0 Å². The van der Waals surface area contributed by atoms with Gasteiger partial charge in [0.1, 0.15) is 35.3 Å². The van der Waals surface area contributed by atoms with Gasteiger partial charge in [-0.25, -0.2) is 4.98 Å². The Morgan fingerprint density at radius 2 is 1.91 bits per heavy atom. The zero-order valence-electron chi connectivity index (χ0n) is 19.8. The van der Waals surface area contributed by atoms with Crippen LogP contribution in [0.15, 0.2) is 58.4 Å². The van der Waals surface area contributed by atoms with Crippen molar-refractivity contribution >= 4 is 16.5 Å². The first-order chi connectivity index (χ1) is 16.4. The highest BCUT2D eigenvalue weighted by atomic mass is 16.5. The molecule has 1 aliphatic rings. The number of hydrogen-bond acceptors (Lipinski definition) is 7. The summed E-state index contributed by atoms with van der Waals surface area (Å²) >= 11 is 0. The largest absolute Gasteiger partial charge is 0.492 e. The SMILES string of the molecule is CC(C)(C)c1ccc2cc(-c3c/c(=N/O)c4cc(OCCN5CCOCC5)ccc4o3)ncn12. The van der Waals surface area contributed by atoms with Crippen molar-refractivity contribution in [2.45, 2.75) is 26.2 Å². The maximum absolute atomic E-state index is 9.71. The van der Waals surface area contributed by atoms with E-state index in [1.165, 1.54) is 5.69 Å². The first-order valence-electron chi connectivity index (χ1n) is 11.6. The molecule has 0 atom stereocenters. The average Bonchev–Trinajstić information content (AvgIpc) is 3.28. The van der Waals surface area contributed by atoms with Crippen molar-refractivity contribution in [3.05, 3.63) is 59.8 Å². The number of morpholine rings is 1. The summed E-state index contributed by atoms with van der Waals surface area (Å²) in [5.41, 5.74) is 3.48. The third kappa shape index (κ3) is 4.51. The second kappa shape index (κ2) is 9.12. The van der Waals surface area contributed by atoms with Gasteiger partial charge in [-0.15, -0.1) is 0 Å². The molecule has 1 aromatic carbocycles. The van der Waals surface area contributed by atoms with E-state index in [-0.39, 0.29) is 5.41 Å². The molecular weight excluding hydrogens is 432 g/mol. The van der Waals surface area contributed by atoms with E-state index in [2.05, 4.69) is 52.3 Å². The summed E-state index contributed by atoms with van der Waals surface area (Å²) in [7, 11) is 0. The highest BCUT2D eigenvalue weighted by Crippen LogP contribution is 2.28. The van der Waals surface area contributed by atoms with E-state index in [0.29, 0.717) is 40.1 Å². The summed E-state index contributed by atoms with van der Waals surface area (Å²) in [5.74, 6) is 1.23. The molecule has 5 rings (SSSR count). The molecule has 0 aliphatic carbocycles. The molecule has 0 saturated carbocycles. The van der Waals surface area contributed by atoms with Gasteiger partial charge in [-0.05, 0) is 36.4 Å². The molecule has 4 heterocycles. The molecule has 34 heavy (non-hydrogen) atoms. The van der Waals surface area contributed by atoms with Gasteiger partial charge in [-0.3, -0.25) is 4.90 Å². The Morgan fingerprint density at radius 1 is 1.09 bits per heavy atom. The number of ether oxygens (including phenoxy) is 2. The van der Waals surface area contributed by atoms with Crippen LogP contribution in [-0.2, 0) is 10.2 Å². The third-order valence-corrected chi connectivity index (χ3v) is 6.17. The standard InChI is InChI=1S/C26H30N4O4/c1-26(2,3)25-7-4-18-14-22(27-17-30(18)25)24-16-21(28-31)20-15-19(5-6-23(20)34-24)33-13-10-29-8-11-32-12-9-29/h4-7,14-17,31H,8-13H2,1-3H3/b28-21-. The van der Waals surface area contributed by atoms with E-state index in [9.17, 15) is 5.21 Å². The van der Waals surface area contributed by atoms with Crippen molar-refractivity contribution in [3.63, 3.8) is 0 Å². The zero-order valence-corrected chi connectivity index (χ0v) is 19.8. The second-order valence-corrected chi connectivity index (χ2v) is 9.59. The molecule has 1 fully saturated rings. The van der Waals surface area contributed by atoms with Crippen LogP contribution in [0.1, 0.15) is 26.5 Å². The fourth-order valence-electron chi connectivity index (χ4n) is 4.32. The molecule has 1 aliphatic heterocycles. The van der Waals surface area contributed by atoms with Gasteiger partial charge < -0.3 is 23.5 Å². The summed E-state index contributed by atoms with van der Waals surface area (Å²) in [6.07, 6.45) is 1.81. The quantitative estimate of drug-likeness (QED) is 0.356. The van der Waals surface area contributed by atoms with E-state index < -0.39 is 0 Å². The second-order valence-electron chi connectivity index (χ2n) is 9.59. The van der Waals surface area contributed by atoms with Gasteiger partial charge in [0.05, 0.1) is 18.6 Å². The lowest BCUT2D eigenvalue weighted by Gasteiger charge is -2.26. The van der Waals surface area contributed by atoms with Gasteiger partial charge in [0.25, 0.3) is 0 Å². The fourth-order valence-corrected chi connectivity index (χ4v) is 4.32. The lowest BCUT2D eigenvalue weighted by atomic mass is 9.92. The van der Waals surface area contributed by atoms with E-state index in [4.69, 9.17) is 13.9 Å². The summed E-state index contributed by atoms with van der Waals surface area (Å²) in [4.78, 5) is 6.94. The predicted octanol–water partition coefficient (Wildman–Crippen LogP) is 4.05. The summed E-state index contributed by atoms with van der Waals surface area (Å²) < 4.78 is 19.6. The smallest absolute Gasteiger partial charge is 0.155 e. The Bertz CT molecular complexity index is 1380. The van der Waals surface area contributed by atoms with E-state index in [0.717, 1.165) is 38.4 Å². The van der Waals surface area contributed by atoms with E-state index in [1.54, 1.807) is 6.07 Å². The van der Waals surface area contributed by atoms with Crippen molar-refractivity contribution in [1.29, 1.82) is 0 Å². The fraction of sp³-hybridized carbons (Fsp3) is 0.385. The number of fused-ring (bicyclic) bond motifs is 2. The predicted molar refractivity (Wildman–Crippen MR) is 129 cm³/mol. The Labute approximate surface area is 198 Å². The number of hydrogen-bond donors (Lipinski definition) is 1. The molecule has 4 aromatic rings. The van der Waals surface area contributed by atoms with Crippen LogP contribution in [-0.4, -0.2) is 58.9 Å². The molecule has 1 saturated heterocycles. The lowest BCUT2D eigenvalue weighted by molar-refractivity contribution is 0.0322. The van der Waals surface area contributed by atoms with Gasteiger partial charge in [0.2, 0.25) is 0 Å². The monoisotopic (exact) mass is 462 g/mol. The highest BCUT2D eigenvalue weighted by Gasteiger charge is 2.18. The molecular formula is C26H30N4O4. The van der Waals surface area contributed by atoms with Crippen LogP contribution in [0.4, 0.5) is 0 Å². The molecule has 8 heteroatoms. The van der Waals surface area contributed by atoms with Crippen LogP contribution in [0, 0.1) is 0 Å². The van der Waals surface area contributed by atoms with Gasteiger partial charge in [0.15, 0.2) is 5.76 Å². The van der Waals surface area contributed by atoms with Crippen molar-refractivity contribution in [2.24, 2.45) is 5.16 Å². The average molecular weight is 463 g/mol. The molecule has 1 N–H and O–H groups in total. The summed E-state index contributed by atoms with van der Waals surface area (Å²) in [5, 5.41) is 14.3. The number of aromatic nitrogens is 2. The molecule has 8 nitrogen and oxygen atoms in total. The normalized spacial score (nSPS) is 15.9. The maximum Gasteiger partial charge on any atom is 0.155 e. The molecule has 0 unspecified atom stereocenters. The maximum atomic E-state index is 9.71. The minimum absolute atomic E-state index is 0.00779. The summed E-state index contributed by atoms with van der Waals surface area (Å²) in [6.45, 7) is 11.3. The van der Waals surface area contributed by atoms with Crippen LogP contribution in [0.5, 0.6) is 5.75 Å². The molecule has 3 aromatic heterocycles. The molecule has 0 bridgehead atoms. The Hall–Kier alpha value is -3.36. The molecule has 0 amide bonds. The van der Waals surface area contributed by atoms with Gasteiger partial charge in [-0.2, -0.15) is 0 Å². The van der Waals surface area contributed by atoms with Gasteiger partial charge in [0, 0.05) is 42.3 Å². The third-order valence-electron chi connectivity index (χ3n) is 6.17. The number of benzene rings is 1. The Morgan fingerprint density at radius 3 is 2.68 bits per heavy atom. The zero-order chi connectivity index (χ0) is 23.7. The van der Waals surface area contributed by atoms with Crippen LogP contribution < -0.4 is 10.1 Å². The molecule has 0 spiro atoms. The van der Waals surface area contributed by atoms with Crippen molar-refractivity contribution in [3.8, 4) is 17.2 Å². The van der Waals surface area contributed by atoms with E-state index in [1.807, 2.05) is 30.6 Å². The highest BCUT2D eigenvalue weighted by molar-refractivity contribution is 5.80. The van der Waals surface area contributed by atoms with E-state index >= 15 is 0 Å². The molecule has 0 radical (unpaired) electrons. The van der Waals surface area contributed by atoms with Crippen molar-refractivity contribution in [2.75, 3.05) is 39.5 Å². The Balaban J connectivity index is 1.41. The van der Waals surface area contributed by atoms with Crippen LogP contribution in [0.25, 0.3) is 27.9 Å². The van der Waals surface area contributed by atoms with Crippen molar-refractivity contribution in [1.82, 2.24) is 14.3 Å². The number of rotatable bonds is 5. The topological polar surface area (TPSA) is 84.7 Å². The first-order valence-corrected chi connectivity index (χ1v) is 11.6. The minimum atomic E-state index is 0.00779. The minimum Gasteiger partial charge on any atom is -0.492 e. The number of nitrogens with zero attached hydrogens (tertiary/aromatic N) is 4. The Kier molecular flexibility index (Phi) is 6.02. The van der Waals surface area contributed by atoms with Gasteiger partial charge >= 0.3 is 0 Å². The van der Waals surface area contributed by atoms with Crippen LogP contribution >= 0.6 is 0 Å². The van der Waals surface area contributed by atoms with Gasteiger partial charge in [-0.1, -0.05) is 25.9 Å². The molecule has 178 valence electrons. The van der Waals surface area contributed by atoms with Crippen molar-refractivity contribution < 1.29 is 19.1 Å². The lowest BCUT2D eigenvalue weighted by Crippen LogP contribution is -2.38. The summed E-state index contributed by atoms with van der Waals surface area (Å²) in [6, 6.07) is 13.4. The van der Waals surface area contributed by atoms with Crippen LogP contribution in [0.2, 0.25) is 0 Å².